The summed E-state index contributed by atoms with van der Waals surface area (Å²) < 4.78 is 5.44. The van der Waals surface area contributed by atoms with E-state index in [2.05, 4.69) is 27.4 Å². The number of amides is 2. The summed E-state index contributed by atoms with van der Waals surface area (Å²) in [6.07, 6.45) is 5.26. The maximum Gasteiger partial charge on any atom is 0.255 e. The van der Waals surface area contributed by atoms with Crippen LogP contribution in [0.15, 0.2) is 48.7 Å². The molecule has 3 aromatic rings. The van der Waals surface area contributed by atoms with E-state index < -0.39 is 0 Å². The van der Waals surface area contributed by atoms with Gasteiger partial charge in [0.1, 0.15) is 6.54 Å². The number of hydrogen-bond acceptors (Lipinski definition) is 7. The van der Waals surface area contributed by atoms with Gasteiger partial charge in [0.2, 0.25) is 11.9 Å². The molecule has 2 N–H and O–H groups in total. The number of nitrogens with one attached hydrogen (secondary N) is 1. The Hall–Kier alpha value is -3.53. The molecule has 1 fully saturated rings. The molecule has 0 bridgehead atoms. The highest BCUT2D eigenvalue weighted by Crippen LogP contribution is 2.39. The predicted octanol–water partition coefficient (Wildman–Crippen LogP) is 3.89. The molecule has 0 radical (unpaired) electrons. The number of aliphatic hydroxyl groups excluding tert-OH is 1. The normalized spacial score (nSPS) is 19.1. The van der Waals surface area contributed by atoms with Gasteiger partial charge in [0, 0.05) is 50.1 Å². The van der Waals surface area contributed by atoms with Gasteiger partial charge in [-0.05, 0) is 54.9 Å². The quantitative estimate of drug-likeness (QED) is 0.440. The average molecular weight is 576 g/mol. The molecule has 3 aliphatic heterocycles. The molecule has 9 nitrogen and oxygen atoms in total. The van der Waals surface area contributed by atoms with Crippen molar-refractivity contribution in [2.45, 2.75) is 44.2 Å². The largest absolute Gasteiger partial charge is 0.396 e. The van der Waals surface area contributed by atoms with Crippen molar-refractivity contribution in [3.63, 3.8) is 0 Å². The molecule has 2 amide bonds. The number of rotatable bonds is 7. The number of aliphatic hydroxyl groups is 1. The van der Waals surface area contributed by atoms with Crippen LogP contribution in [0.3, 0.4) is 0 Å². The lowest BCUT2D eigenvalue weighted by molar-refractivity contribution is -0.132. The summed E-state index contributed by atoms with van der Waals surface area (Å²) in [5.74, 6) is 0.176. The highest BCUT2D eigenvalue weighted by Gasteiger charge is 2.38. The molecule has 0 spiro atoms. The van der Waals surface area contributed by atoms with Gasteiger partial charge in [-0.15, -0.1) is 0 Å². The lowest BCUT2D eigenvalue weighted by Gasteiger charge is -2.28. The molecule has 2 aromatic carbocycles. The molecule has 1 unspecified atom stereocenters. The fraction of sp³-hybridized carbons (Fsp3) is 0.419. The van der Waals surface area contributed by atoms with Crippen LogP contribution in [0, 0.1) is 0 Å². The number of hydrogen-bond donors (Lipinski definition) is 2. The van der Waals surface area contributed by atoms with Crippen molar-refractivity contribution in [2.75, 3.05) is 44.8 Å². The third-order valence-corrected chi connectivity index (χ3v) is 8.61. The molecular weight excluding hydrogens is 542 g/mol. The Bertz CT molecular complexity index is 1420. The van der Waals surface area contributed by atoms with Crippen LogP contribution in [-0.4, -0.2) is 82.2 Å². The van der Waals surface area contributed by atoms with E-state index in [1.54, 1.807) is 17.2 Å². The SMILES string of the molecule is O=C(CN1C(=O)c2cc(-c3nc(NC4CCOCC4)ncc3Cl)ccc2C1CCO)N1CCc2ccccc2CC1. The molecule has 214 valence electrons. The van der Waals surface area contributed by atoms with Crippen LogP contribution in [-0.2, 0) is 22.4 Å². The van der Waals surface area contributed by atoms with Gasteiger partial charge in [-0.2, -0.15) is 0 Å². The topological polar surface area (TPSA) is 108 Å². The summed E-state index contributed by atoms with van der Waals surface area (Å²) >= 11 is 6.52. The van der Waals surface area contributed by atoms with Gasteiger partial charge in [-0.1, -0.05) is 48.0 Å². The Labute approximate surface area is 244 Å². The second-order valence-corrected chi connectivity index (χ2v) is 11.2. The molecule has 41 heavy (non-hydrogen) atoms. The zero-order valence-electron chi connectivity index (χ0n) is 22.9. The van der Waals surface area contributed by atoms with Gasteiger partial charge in [0.25, 0.3) is 5.91 Å². The molecular formula is C31H34ClN5O4. The van der Waals surface area contributed by atoms with Crippen LogP contribution in [0.25, 0.3) is 11.3 Å². The first-order valence-electron chi connectivity index (χ1n) is 14.3. The van der Waals surface area contributed by atoms with E-state index >= 15 is 0 Å². The standard InChI is InChI=1S/C31H34ClN5O4/c32-26-18-33-31(34-23-10-15-41-16-11-23)35-29(26)22-5-6-24-25(17-22)30(40)37(27(24)9-14-38)19-28(39)36-12-7-20-3-1-2-4-21(20)8-13-36/h1-6,17-18,23,27,38H,7-16,19H2,(H,33,34,35). The van der Waals surface area contributed by atoms with Crippen molar-refractivity contribution in [1.29, 1.82) is 0 Å². The molecule has 0 aliphatic carbocycles. The highest BCUT2D eigenvalue weighted by atomic mass is 35.5. The van der Waals surface area contributed by atoms with E-state index in [1.807, 2.05) is 29.2 Å². The van der Waals surface area contributed by atoms with Gasteiger partial charge < -0.3 is 25.0 Å². The van der Waals surface area contributed by atoms with Gasteiger partial charge in [0.05, 0.1) is 23.0 Å². The number of anilines is 1. The summed E-state index contributed by atoms with van der Waals surface area (Å²) in [5.41, 5.74) is 5.07. The number of fused-ring (bicyclic) bond motifs is 2. The van der Waals surface area contributed by atoms with E-state index in [1.165, 1.54) is 11.1 Å². The van der Waals surface area contributed by atoms with Crippen LogP contribution >= 0.6 is 11.6 Å². The maximum absolute atomic E-state index is 13.7. The van der Waals surface area contributed by atoms with Crippen molar-refractivity contribution in [1.82, 2.24) is 19.8 Å². The smallest absolute Gasteiger partial charge is 0.255 e. The van der Waals surface area contributed by atoms with Crippen molar-refractivity contribution < 1.29 is 19.4 Å². The fourth-order valence-corrected chi connectivity index (χ4v) is 6.29. The molecule has 1 aromatic heterocycles. The number of halogens is 1. The molecule has 3 aliphatic rings. The average Bonchev–Trinajstić information content (AvgIpc) is 3.13. The van der Waals surface area contributed by atoms with Gasteiger partial charge >= 0.3 is 0 Å². The number of carbonyl (C=O) groups excluding carboxylic acids is 2. The second kappa shape index (κ2) is 12.1. The van der Waals surface area contributed by atoms with Crippen molar-refractivity contribution in [3.8, 4) is 11.3 Å². The number of benzene rings is 2. The van der Waals surface area contributed by atoms with Crippen LogP contribution in [0.1, 0.15) is 52.4 Å². The summed E-state index contributed by atoms with van der Waals surface area (Å²) in [6.45, 7) is 2.51. The summed E-state index contributed by atoms with van der Waals surface area (Å²) in [4.78, 5) is 39.7. The Morgan fingerprint density at radius 2 is 1.83 bits per heavy atom. The third-order valence-electron chi connectivity index (χ3n) is 8.33. The van der Waals surface area contributed by atoms with Crippen LogP contribution < -0.4 is 5.32 Å². The van der Waals surface area contributed by atoms with Gasteiger partial charge in [-0.25, -0.2) is 9.97 Å². The predicted molar refractivity (Wildman–Crippen MR) is 156 cm³/mol. The van der Waals surface area contributed by atoms with E-state index in [-0.39, 0.29) is 37.0 Å². The zero-order chi connectivity index (χ0) is 28.3. The van der Waals surface area contributed by atoms with E-state index in [0.717, 1.165) is 31.2 Å². The molecule has 10 heteroatoms. The lowest BCUT2D eigenvalue weighted by Crippen LogP contribution is -2.43. The molecule has 6 rings (SSSR count). The molecule has 0 saturated carbocycles. The highest BCUT2D eigenvalue weighted by molar-refractivity contribution is 6.33. The van der Waals surface area contributed by atoms with Crippen LogP contribution in [0.2, 0.25) is 5.02 Å². The number of nitrogens with zero attached hydrogens (tertiary/aromatic N) is 4. The Balaban J connectivity index is 1.21. The number of carbonyl (C=O) groups is 2. The van der Waals surface area contributed by atoms with E-state index in [0.29, 0.717) is 60.5 Å². The maximum atomic E-state index is 13.7. The van der Waals surface area contributed by atoms with Gasteiger partial charge in [0.15, 0.2) is 0 Å². The van der Waals surface area contributed by atoms with Crippen molar-refractivity contribution >= 4 is 29.4 Å². The Morgan fingerprint density at radius 3 is 2.54 bits per heavy atom. The molecule has 1 saturated heterocycles. The third kappa shape index (κ3) is 5.80. The van der Waals surface area contributed by atoms with E-state index in [4.69, 9.17) is 16.3 Å². The minimum atomic E-state index is -0.378. The zero-order valence-corrected chi connectivity index (χ0v) is 23.6. The first-order chi connectivity index (χ1) is 20.0. The monoisotopic (exact) mass is 575 g/mol. The minimum Gasteiger partial charge on any atom is -0.396 e. The van der Waals surface area contributed by atoms with Gasteiger partial charge in [-0.3, -0.25) is 9.59 Å². The summed E-state index contributed by atoms with van der Waals surface area (Å²) in [5, 5.41) is 13.6. The first kappa shape index (κ1) is 27.6. The summed E-state index contributed by atoms with van der Waals surface area (Å²) in [7, 11) is 0. The number of ether oxygens (including phenoxy) is 1. The summed E-state index contributed by atoms with van der Waals surface area (Å²) in [6, 6.07) is 13.7. The van der Waals surface area contributed by atoms with Crippen LogP contribution in [0.5, 0.6) is 0 Å². The van der Waals surface area contributed by atoms with E-state index in [9.17, 15) is 14.7 Å². The Kier molecular flexibility index (Phi) is 8.18. The number of aromatic nitrogens is 2. The fourth-order valence-electron chi connectivity index (χ4n) is 6.09. The van der Waals surface area contributed by atoms with Crippen LogP contribution in [0.4, 0.5) is 5.95 Å². The van der Waals surface area contributed by atoms with Crippen molar-refractivity contribution in [3.05, 3.63) is 75.9 Å². The molecule has 4 heterocycles. The van der Waals surface area contributed by atoms with Crippen molar-refractivity contribution in [2.24, 2.45) is 0 Å². The first-order valence-corrected chi connectivity index (χ1v) is 14.7. The Morgan fingerprint density at radius 1 is 1.10 bits per heavy atom. The lowest BCUT2D eigenvalue weighted by atomic mass is 9.99. The molecule has 1 atom stereocenters. The minimum absolute atomic E-state index is 0.0305. The second-order valence-electron chi connectivity index (χ2n) is 10.8.